The molecule has 0 spiro atoms. The van der Waals surface area contributed by atoms with Crippen LogP contribution < -0.4 is 4.90 Å². The van der Waals surface area contributed by atoms with E-state index < -0.39 is 0 Å². The molecule has 1 heterocycles. The Labute approximate surface area is 166 Å². The summed E-state index contributed by atoms with van der Waals surface area (Å²) in [6, 6.07) is 11.3. The van der Waals surface area contributed by atoms with Crippen molar-refractivity contribution >= 4 is 56.6 Å². The van der Waals surface area contributed by atoms with Crippen LogP contribution >= 0.6 is 35.3 Å². The van der Waals surface area contributed by atoms with Gasteiger partial charge in [-0.1, -0.05) is 29.0 Å². The molecule has 138 valence electrons. The van der Waals surface area contributed by atoms with E-state index in [4.69, 9.17) is 11.6 Å². The minimum atomic E-state index is -0.316. The van der Waals surface area contributed by atoms with Crippen molar-refractivity contribution in [1.29, 1.82) is 0 Å². The van der Waals surface area contributed by atoms with Gasteiger partial charge in [-0.15, -0.1) is 12.4 Å². The molecule has 4 nitrogen and oxygen atoms in total. The van der Waals surface area contributed by atoms with Gasteiger partial charge < -0.3 is 4.90 Å². The lowest BCUT2D eigenvalue weighted by molar-refractivity contribution is 0.0985. The monoisotopic (exact) mass is 413 g/mol. The van der Waals surface area contributed by atoms with E-state index in [0.29, 0.717) is 39.0 Å². The van der Waals surface area contributed by atoms with Gasteiger partial charge >= 0.3 is 0 Å². The third kappa shape index (κ3) is 4.71. The van der Waals surface area contributed by atoms with Crippen LogP contribution in [-0.4, -0.2) is 43.0 Å². The van der Waals surface area contributed by atoms with Gasteiger partial charge in [-0.05, 0) is 50.5 Å². The second kappa shape index (κ2) is 8.77. The molecule has 2 aromatic carbocycles. The van der Waals surface area contributed by atoms with Crippen LogP contribution in [0, 0.1) is 5.82 Å². The van der Waals surface area contributed by atoms with Gasteiger partial charge in [0.2, 0.25) is 0 Å². The van der Waals surface area contributed by atoms with Gasteiger partial charge in [-0.3, -0.25) is 9.69 Å². The standard InChI is InChI=1S/C18H17ClFN3OS.ClH/c1-22(2)8-9-23(17(24)12-4-3-5-13(19)10-12)18-21-15-7-6-14(20)11-16(15)25-18;/h3-7,10-11H,8-9H2,1-2H3;1H. The molecule has 1 amide bonds. The van der Waals surface area contributed by atoms with Crippen molar-refractivity contribution in [3.63, 3.8) is 0 Å². The molecule has 0 atom stereocenters. The number of carbonyl (C=O) groups is 1. The molecule has 0 aliphatic heterocycles. The molecule has 0 N–H and O–H groups in total. The van der Waals surface area contributed by atoms with E-state index in [1.165, 1.54) is 23.5 Å². The highest BCUT2D eigenvalue weighted by molar-refractivity contribution is 7.22. The molecule has 0 fully saturated rings. The molecular weight excluding hydrogens is 396 g/mol. The van der Waals surface area contributed by atoms with Crippen LogP contribution in [0.1, 0.15) is 10.4 Å². The van der Waals surface area contributed by atoms with Crippen LogP contribution in [-0.2, 0) is 0 Å². The van der Waals surface area contributed by atoms with Crippen molar-refractivity contribution in [2.75, 3.05) is 32.1 Å². The Balaban J connectivity index is 0.00000243. The van der Waals surface area contributed by atoms with Crippen LogP contribution in [0.4, 0.5) is 9.52 Å². The highest BCUT2D eigenvalue weighted by Gasteiger charge is 2.21. The van der Waals surface area contributed by atoms with Crippen molar-refractivity contribution < 1.29 is 9.18 Å². The normalized spacial score (nSPS) is 10.8. The van der Waals surface area contributed by atoms with Gasteiger partial charge in [0.1, 0.15) is 5.82 Å². The highest BCUT2D eigenvalue weighted by atomic mass is 35.5. The van der Waals surface area contributed by atoms with Gasteiger partial charge in [0.25, 0.3) is 5.91 Å². The fourth-order valence-corrected chi connectivity index (χ4v) is 3.57. The fraction of sp³-hybridized carbons (Fsp3) is 0.222. The lowest BCUT2D eigenvalue weighted by Gasteiger charge is -2.22. The van der Waals surface area contributed by atoms with E-state index in [1.807, 2.05) is 19.0 Å². The zero-order chi connectivity index (χ0) is 18.0. The maximum Gasteiger partial charge on any atom is 0.260 e. The second-order valence-electron chi connectivity index (χ2n) is 5.88. The van der Waals surface area contributed by atoms with Crippen LogP contribution in [0.3, 0.4) is 0 Å². The SMILES string of the molecule is CN(C)CCN(C(=O)c1cccc(Cl)c1)c1nc2ccc(F)cc2s1.Cl. The summed E-state index contributed by atoms with van der Waals surface area (Å²) in [7, 11) is 3.88. The van der Waals surface area contributed by atoms with E-state index in [9.17, 15) is 9.18 Å². The molecule has 0 radical (unpaired) electrons. The summed E-state index contributed by atoms with van der Waals surface area (Å²) in [5.74, 6) is -0.493. The molecule has 3 aromatic rings. The smallest absolute Gasteiger partial charge is 0.260 e. The number of aromatic nitrogens is 1. The Morgan fingerprint density at radius 2 is 1.96 bits per heavy atom. The van der Waals surface area contributed by atoms with Crippen molar-refractivity contribution in [3.8, 4) is 0 Å². The average molecular weight is 414 g/mol. The van der Waals surface area contributed by atoms with Crippen LogP contribution in [0.25, 0.3) is 10.2 Å². The summed E-state index contributed by atoms with van der Waals surface area (Å²) in [6.45, 7) is 1.15. The minimum Gasteiger partial charge on any atom is -0.308 e. The molecule has 8 heteroatoms. The van der Waals surface area contributed by atoms with Gasteiger partial charge in [-0.25, -0.2) is 9.37 Å². The molecule has 26 heavy (non-hydrogen) atoms. The molecule has 0 saturated carbocycles. The van der Waals surface area contributed by atoms with E-state index in [0.717, 1.165) is 0 Å². The van der Waals surface area contributed by atoms with E-state index in [-0.39, 0.29) is 24.1 Å². The molecule has 0 unspecified atom stereocenters. The van der Waals surface area contributed by atoms with Crippen LogP contribution in [0.15, 0.2) is 42.5 Å². The van der Waals surface area contributed by atoms with E-state index >= 15 is 0 Å². The number of carbonyl (C=O) groups excluding carboxylic acids is 1. The number of amides is 1. The Bertz CT molecular complexity index is 916. The predicted molar refractivity (Wildman–Crippen MR) is 109 cm³/mol. The summed E-state index contributed by atoms with van der Waals surface area (Å²) < 4.78 is 14.2. The lowest BCUT2D eigenvalue weighted by Crippen LogP contribution is -2.36. The number of thiazole rings is 1. The summed E-state index contributed by atoms with van der Waals surface area (Å²) in [5, 5.41) is 1.05. The first-order chi connectivity index (χ1) is 11.9. The molecule has 3 rings (SSSR count). The lowest BCUT2D eigenvalue weighted by atomic mass is 10.2. The number of halogens is 3. The molecule has 0 aliphatic rings. The molecule has 0 saturated heterocycles. The van der Waals surface area contributed by atoms with Gasteiger partial charge in [-0.2, -0.15) is 0 Å². The Kier molecular flexibility index (Phi) is 6.94. The van der Waals surface area contributed by atoms with Gasteiger partial charge in [0, 0.05) is 23.7 Å². The van der Waals surface area contributed by atoms with Crippen molar-refractivity contribution in [2.24, 2.45) is 0 Å². The van der Waals surface area contributed by atoms with E-state index in [1.54, 1.807) is 35.2 Å². The number of nitrogens with zero attached hydrogens (tertiary/aromatic N) is 3. The van der Waals surface area contributed by atoms with Gasteiger partial charge in [0.15, 0.2) is 5.13 Å². The highest BCUT2D eigenvalue weighted by Crippen LogP contribution is 2.30. The number of benzene rings is 2. The van der Waals surface area contributed by atoms with Crippen molar-refractivity contribution in [2.45, 2.75) is 0 Å². The fourth-order valence-electron chi connectivity index (χ4n) is 2.36. The second-order valence-corrected chi connectivity index (χ2v) is 7.32. The Hall–Kier alpha value is -1.73. The maximum atomic E-state index is 13.4. The zero-order valence-electron chi connectivity index (χ0n) is 14.3. The summed E-state index contributed by atoms with van der Waals surface area (Å²) >= 11 is 7.32. The van der Waals surface area contributed by atoms with E-state index in [2.05, 4.69) is 4.98 Å². The quantitative estimate of drug-likeness (QED) is 0.606. The van der Waals surface area contributed by atoms with Crippen LogP contribution in [0.5, 0.6) is 0 Å². The topological polar surface area (TPSA) is 36.4 Å². The number of hydrogen-bond acceptors (Lipinski definition) is 4. The average Bonchev–Trinajstić information content (AvgIpc) is 2.97. The number of hydrogen-bond donors (Lipinski definition) is 0. The number of rotatable bonds is 5. The number of likely N-dealkylation sites (N-methyl/N-ethyl adjacent to an activating group) is 1. The molecule has 0 aliphatic carbocycles. The Morgan fingerprint density at radius 3 is 2.65 bits per heavy atom. The first kappa shape index (κ1) is 20.6. The number of anilines is 1. The van der Waals surface area contributed by atoms with Crippen molar-refractivity contribution in [3.05, 3.63) is 58.9 Å². The summed E-state index contributed by atoms with van der Waals surface area (Å²) in [5.41, 5.74) is 1.17. The molecule has 1 aromatic heterocycles. The zero-order valence-corrected chi connectivity index (χ0v) is 16.7. The maximum absolute atomic E-state index is 13.4. The first-order valence-corrected chi connectivity index (χ1v) is 8.92. The molecule has 0 bridgehead atoms. The Morgan fingerprint density at radius 1 is 1.19 bits per heavy atom. The summed E-state index contributed by atoms with van der Waals surface area (Å²) in [6.07, 6.45) is 0. The number of fused-ring (bicyclic) bond motifs is 1. The van der Waals surface area contributed by atoms with Crippen molar-refractivity contribution in [1.82, 2.24) is 9.88 Å². The molecular formula is C18H18Cl2FN3OS. The van der Waals surface area contributed by atoms with Gasteiger partial charge in [0.05, 0.1) is 10.2 Å². The third-order valence-corrected chi connectivity index (χ3v) is 4.93. The largest absolute Gasteiger partial charge is 0.308 e. The van der Waals surface area contributed by atoms with Crippen LogP contribution in [0.2, 0.25) is 5.02 Å². The third-order valence-electron chi connectivity index (χ3n) is 3.66. The minimum absolute atomic E-state index is 0. The predicted octanol–water partition coefficient (Wildman–Crippen LogP) is 4.72. The first-order valence-electron chi connectivity index (χ1n) is 7.72. The summed E-state index contributed by atoms with van der Waals surface area (Å²) in [4.78, 5) is 21.1.